The predicted molar refractivity (Wildman–Crippen MR) is 21.8 cm³/mol. The van der Waals surface area contributed by atoms with Gasteiger partial charge in [0.2, 0.25) is 0 Å². The van der Waals surface area contributed by atoms with Crippen LogP contribution in [0.4, 0.5) is 0 Å². The molecule has 0 aliphatic heterocycles. The average Bonchev–Trinajstić information content (AvgIpc) is 0.722. The van der Waals surface area contributed by atoms with Crippen LogP contribution in [0.1, 0.15) is 0 Å². The van der Waals surface area contributed by atoms with Gasteiger partial charge in [0.1, 0.15) is 0 Å². The summed E-state index contributed by atoms with van der Waals surface area (Å²) in [6.45, 7) is 0. The summed E-state index contributed by atoms with van der Waals surface area (Å²) in [5.41, 5.74) is 0. The van der Waals surface area contributed by atoms with Gasteiger partial charge in [0.15, 0.2) is 0 Å². The third-order valence-electron chi connectivity index (χ3n) is 0. The van der Waals surface area contributed by atoms with E-state index in [0.717, 1.165) is 0 Å². The van der Waals surface area contributed by atoms with Crippen molar-refractivity contribution in [3.8, 4) is 0 Å². The molecule has 7 heteroatoms. The van der Waals surface area contributed by atoms with Crippen LogP contribution in [0.25, 0.3) is 0 Å². The molecule has 0 atom stereocenters. The molecule has 0 saturated heterocycles. The SMILES string of the molecule is O[Si](O)(O)O.[LiH].[Mn]. The first-order chi connectivity index (χ1) is 2.00. The molecule has 4 N–H and O–H groups in total. The minimum absolute atomic E-state index is 0. The summed E-state index contributed by atoms with van der Waals surface area (Å²) < 4.78 is 0. The summed E-state index contributed by atoms with van der Waals surface area (Å²) in [5, 5.41) is 0. The van der Waals surface area contributed by atoms with Gasteiger partial charge in [-0.1, -0.05) is 0 Å². The minimum Gasteiger partial charge on any atom is 0 e. The summed E-state index contributed by atoms with van der Waals surface area (Å²) in [4.78, 5) is 29.3. The molecule has 0 aromatic rings. The largest absolute Gasteiger partial charge is 0 e. The number of hydrogen-bond acceptors (Lipinski definition) is 4. The van der Waals surface area contributed by atoms with Crippen molar-refractivity contribution in [3.63, 3.8) is 0 Å². The Bertz CT molecular complexity index is 27.2. The molecule has 0 unspecified atom stereocenters. The Morgan fingerprint density at radius 3 is 0.857 bits per heavy atom. The van der Waals surface area contributed by atoms with E-state index in [-0.39, 0.29) is 35.9 Å². The molecule has 0 spiro atoms. The topological polar surface area (TPSA) is 80.9 Å². The summed E-state index contributed by atoms with van der Waals surface area (Å²) in [6.07, 6.45) is 0. The van der Waals surface area contributed by atoms with Crippen LogP contribution in [0.3, 0.4) is 0 Å². The van der Waals surface area contributed by atoms with Crippen molar-refractivity contribution >= 4 is 27.9 Å². The van der Waals surface area contributed by atoms with E-state index in [4.69, 9.17) is 19.2 Å². The van der Waals surface area contributed by atoms with Crippen LogP contribution in [-0.4, -0.2) is 47.1 Å². The first-order valence-electron chi connectivity index (χ1n) is 0.894. The molecule has 0 rings (SSSR count). The molecule has 0 fully saturated rings. The van der Waals surface area contributed by atoms with Crippen LogP contribution in [0, 0.1) is 0 Å². The first-order valence-corrected chi connectivity index (χ1v) is 2.68. The predicted octanol–water partition coefficient (Wildman–Crippen LogP) is -3.26. The van der Waals surface area contributed by atoms with E-state index in [1.165, 1.54) is 0 Å². The summed E-state index contributed by atoms with van der Waals surface area (Å²) in [7, 11) is -4.61. The maximum absolute atomic E-state index is 7.33. The van der Waals surface area contributed by atoms with Crippen molar-refractivity contribution in [3.05, 3.63) is 0 Å². The zero-order chi connectivity index (χ0) is 4.50. The van der Waals surface area contributed by atoms with Crippen molar-refractivity contribution < 1.29 is 36.3 Å². The molecule has 4 nitrogen and oxygen atoms in total. The van der Waals surface area contributed by atoms with E-state index in [1.54, 1.807) is 0 Å². The molecule has 0 heterocycles. The van der Waals surface area contributed by atoms with Gasteiger partial charge in [-0.3, -0.25) is 0 Å². The van der Waals surface area contributed by atoms with E-state index in [2.05, 4.69) is 0 Å². The van der Waals surface area contributed by atoms with Crippen LogP contribution >= 0.6 is 0 Å². The van der Waals surface area contributed by atoms with Crippen molar-refractivity contribution in [2.75, 3.05) is 0 Å². The smallest absolute Gasteiger partial charge is 0 e. The Hall–Kier alpha value is 1.17. The Kier molecular flexibility index (Phi) is 11.9. The normalized spacial score (nSPS) is 8.57. The molecule has 0 aromatic heterocycles. The maximum atomic E-state index is 7.33. The fourth-order valence-corrected chi connectivity index (χ4v) is 0. The molecule has 0 saturated carbocycles. The van der Waals surface area contributed by atoms with Gasteiger partial charge in [-0.2, -0.15) is 0 Å². The van der Waals surface area contributed by atoms with E-state index < -0.39 is 9.05 Å². The van der Waals surface area contributed by atoms with Crippen LogP contribution in [0.5, 0.6) is 0 Å². The Balaban J connectivity index is -0.0000000800. The zero-order valence-corrected chi connectivity index (χ0v) is 4.85. The third-order valence-corrected chi connectivity index (χ3v) is 0. The molecule has 0 aromatic carbocycles. The molecule has 0 amide bonds. The molecule has 1 radical (unpaired) electrons. The summed E-state index contributed by atoms with van der Waals surface area (Å²) in [5.74, 6) is 0. The average molecular weight is 159 g/mol. The van der Waals surface area contributed by atoms with Gasteiger partial charge >= 0.3 is 27.9 Å². The Labute approximate surface area is 64.3 Å². The van der Waals surface area contributed by atoms with E-state index >= 15 is 0 Å². The third kappa shape index (κ3) is 139. The van der Waals surface area contributed by atoms with Crippen molar-refractivity contribution in [2.45, 2.75) is 0 Å². The number of hydrogen-bond donors (Lipinski definition) is 4. The fraction of sp³-hybridized carbons (Fsp3) is 0. The molecule has 41 valence electrons. The van der Waals surface area contributed by atoms with Crippen molar-refractivity contribution in [2.24, 2.45) is 0 Å². The molecular weight excluding hydrogens is 154 g/mol. The summed E-state index contributed by atoms with van der Waals surface area (Å²) in [6, 6.07) is 0. The van der Waals surface area contributed by atoms with Gasteiger partial charge in [-0.05, 0) is 0 Å². The monoisotopic (exact) mass is 159 g/mol. The van der Waals surface area contributed by atoms with Crippen molar-refractivity contribution in [1.29, 1.82) is 0 Å². The van der Waals surface area contributed by atoms with Crippen LogP contribution in [0.2, 0.25) is 0 Å². The van der Waals surface area contributed by atoms with Gasteiger partial charge in [0, 0.05) is 17.1 Å². The molecule has 7 heavy (non-hydrogen) atoms. The Morgan fingerprint density at radius 1 is 0.857 bits per heavy atom. The molecule has 0 aliphatic carbocycles. The molecule has 0 bridgehead atoms. The van der Waals surface area contributed by atoms with E-state index in [9.17, 15) is 0 Å². The fourth-order valence-electron chi connectivity index (χ4n) is 0. The Morgan fingerprint density at radius 2 is 0.857 bits per heavy atom. The van der Waals surface area contributed by atoms with Crippen LogP contribution < -0.4 is 0 Å². The standard InChI is InChI=1S/Li.Mn.H4O4Si.H/c;;1-5(2,3)4;/h;;1-4H;. The number of rotatable bonds is 0. The second-order valence-corrected chi connectivity index (χ2v) is 1.80. The van der Waals surface area contributed by atoms with Crippen LogP contribution in [-0.2, 0) is 17.1 Å². The maximum Gasteiger partial charge on any atom is 0 e. The minimum atomic E-state index is -4.61. The molecule has 0 aliphatic rings. The van der Waals surface area contributed by atoms with E-state index in [0.29, 0.717) is 0 Å². The van der Waals surface area contributed by atoms with Gasteiger partial charge < -0.3 is 19.2 Å². The van der Waals surface area contributed by atoms with Crippen molar-refractivity contribution in [1.82, 2.24) is 0 Å². The second kappa shape index (κ2) is 5.31. The quantitative estimate of drug-likeness (QED) is 0.280. The van der Waals surface area contributed by atoms with Gasteiger partial charge in [-0.25, -0.2) is 0 Å². The van der Waals surface area contributed by atoms with Gasteiger partial charge in [-0.15, -0.1) is 0 Å². The summed E-state index contributed by atoms with van der Waals surface area (Å²) >= 11 is 0. The van der Waals surface area contributed by atoms with Crippen LogP contribution in [0.15, 0.2) is 0 Å². The van der Waals surface area contributed by atoms with Gasteiger partial charge in [0.05, 0.1) is 0 Å². The van der Waals surface area contributed by atoms with Gasteiger partial charge in [0.25, 0.3) is 0 Å². The first kappa shape index (κ1) is 15.7. The second-order valence-electron chi connectivity index (χ2n) is 0.600. The zero-order valence-electron chi connectivity index (χ0n) is 2.67. The molecular formula is H5LiMnO4Si. The van der Waals surface area contributed by atoms with E-state index in [1.807, 2.05) is 0 Å².